The maximum absolute atomic E-state index is 2.90. The quantitative estimate of drug-likeness (QED) is 0.0548. The first kappa shape index (κ1) is 47.5. The fourth-order valence-electron chi connectivity index (χ4n) is 12.8. The van der Waals surface area contributed by atoms with Crippen LogP contribution >= 0.6 is 22.7 Å². The number of benzene rings is 3. The molecule has 0 saturated carbocycles. The zero-order chi connectivity index (χ0) is 44.2. The summed E-state index contributed by atoms with van der Waals surface area (Å²) in [5, 5.41) is 2.97. The third kappa shape index (κ3) is 9.20. The van der Waals surface area contributed by atoms with Crippen LogP contribution in [0.4, 0.5) is 0 Å². The minimum Gasteiger partial charge on any atom is -0.141 e. The summed E-state index contributed by atoms with van der Waals surface area (Å²) in [7, 11) is 0. The Morgan fingerprint density at radius 1 is 0.419 bits per heavy atom. The highest BCUT2D eigenvalue weighted by Crippen LogP contribution is 2.63. The Kier molecular flexibility index (Phi) is 16.0. The third-order valence-corrected chi connectivity index (χ3v) is 19.0. The Bertz CT molecular complexity index is 2200. The molecular weight excluding hydrogens is 785 g/mol. The Balaban J connectivity index is 1.57. The molecule has 0 fully saturated rings. The minimum absolute atomic E-state index is 0.0197. The molecule has 7 rings (SSSR count). The molecule has 0 spiro atoms. The average Bonchev–Trinajstić information content (AvgIpc) is 4.00. The zero-order valence-electron chi connectivity index (χ0n) is 41.5. The second-order valence-corrected chi connectivity index (χ2v) is 23.5. The van der Waals surface area contributed by atoms with Crippen molar-refractivity contribution in [3.63, 3.8) is 0 Å². The van der Waals surface area contributed by atoms with Gasteiger partial charge in [-0.15, -0.1) is 22.7 Å². The molecular formula is C60H86S2. The molecule has 2 heterocycles. The first-order valence-corrected chi connectivity index (χ1v) is 28.0. The van der Waals surface area contributed by atoms with Gasteiger partial charge in [0, 0.05) is 30.0 Å². The minimum atomic E-state index is 0.0197. The number of fused-ring (bicyclic) bond motifs is 8. The van der Waals surface area contributed by atoms with Gasteiger partial charge in [0.1, 0.15) is 0 Å². The molecule has 0 nitrogen and oxygen atoms in total. The summed E-state index contributed by atoms with van der Waals surface area (Å²) in [6.07, 6.45) is 26.1. The molecule has 4 atom stereocenters. The second kappa shape index (κ2) is 20.8. The van der Waals surface area contributed by atoms with Crippen molar-refractivity contribution < 1.29 is 0 Å². The third-order valence-electron chi connectivity index (χ3n) is 16.5. The molecule has 2 aliphatic carbocycles. The molecule has 0 N–H and O–H groups in total. The summed E-state index contributed by atoms with van der Waals surface area (Å²) in [6, 6.07) is 21.7. The van der Waals surface area contributed by atoms with E-state index in [1.807, 2.05) is 11.3 Å². The molecule has 0 bridgehead atoms. The monoisotopic (exact) mass is 871 g/mol. The van der Waals surface area contributed by atoms with Crippen LogP contribution in [0.5, 0.6) is 0 Å². The van der Waals surface area contributed by atoms with Crippen LogP contribution in [0.2, 0.25) is 0 Å². The van der Waals surface area contributed by atoms with Crippen molar-refractivity contribution in [2.24, 2.45) is 23.7 Å². The van der Waals surface area contributed by atoms with Gasteiger partial charge < -0.3 is 0 Å². The smallest absolute Gasteiger partial charge is 0.0352 e. The van der Waals surface area contributed by atoms with E-state index in [2.05, 4.69) is 136 Å². The Labute approximate surface area is 388 Å². The maximum atomic E-state index is 2.90. The highest BCUT2D eigenvalue weighted by molar-refractivity contribution is 7.19. The molecule has 0 saturated heterocycles. The van der Waals surface area contributed by atoms with Gasteiger partial charge in [-0.1, -0.05) is 172 Å². The first-order chi connectivity index (χ1) is 30.0. The van der Waals surface area contributed by atoms with Crippen LogP contribution in [0.3, 0.4) is 0 Å². The molecule has 4 unspecified atom stereocenters. The van der Waals surface area contributed by atoms with E-state index >= 15 is 0 Å². The maximum Gasteiger partial charge on any atom is 0.0352 e. The molecule has 0 radical (unpaired) electrons. The molecule has 3 aromatic carbocycles. The number of thiophene rings is 2. The predicted octanol–water partition coefficient (Wildman–Crippen LogP) is 20.5. The van der Waals surface area contributed by atoms with Crippen molar-refractivity contribution in [2.75, 3.05) is 0 Å². The van der Waals surface area contributed by atoms with Gasteiger partial charge >= 0.3 is 0 Å². The number of unbranched alkanes of at least 4 members (excludes halogenated alkanes) is 4. The summed E-state index contributed by atoms with van der Waals surface area (Å²) < 4.78 is 2.97. The Morgan fingerprint density at radius 2 is 0.758 bits per heavy atom. The summed E-state index contributed by atoms with van der Waals surface area (Å²) in [6.45, 7) is 26.7. The molecule has 2 aromatic heterocycles. The van der Waals surface area contributed by atoms with E-state index in [-0.39, 0.29) is 10.8 Å². The fourth-order valence-corrected chi connectivity index (χ4v) is 14.8. The molecule has 0 aliphatic heterocycles. The van der Waals surface area contributed by atoms with Crippen molar-refractivity contribution in [1.29, 1.82) is 0 Å². The average molecular weight is 871 g/mol. The molecule has 2 heteroatoms. The topological polar surface area (TPSA) is 0 Å². The lowest BCUT2D eigenvalue weighted by Gasteiger charge is -2.40. The Morgan fingerprint density at radius 3 is 1.11 bits per heavy atom. The molecule has 2 aliphatic rings. The van der Waals surface area contributed by atoms with E-state index in [4.69, 9.17) is 0 Å². The zero-order valence-corrected chi connectivity index (χ0v) is 43.1. The van der Waals surface area contributed by atoms with E-state index in [0.29, 0.717) is 5.92 Å². The summed E-state index contributed by atoms with van der Waals surface area (Å²) in [5.41, 5.74) is 13.2. The van der Waals surface area contributed by atoms with Crippen molar-refractivity contribution in [3.8, 4) is 22.3 Å². The predicted molar refractivity (Wildman–Crippen MR) is 280 cm³/mol. The second-order valence-electron chi connectivity index (χ2n) is 21.1. The van der Waals surface area contributed by atoms with Gasteiger partial charge in [0.2, 0.25) is 0 Å². The van der Waals surface area contributed by atoms with E-state index in [1.165, 1.54) is 158 Å². The van der Waals surface area contributed by atoms with Gasteiger partial charge in [-0.05, 0) is 166 Å². The molecule has 62 heavy (non-hydrogen) atoms. The van der Waals surface area contributed by atoms with Gasteiger partial charge in [-0.2, -0.15) is 0 Å². The van der Waals surface area contributed by atoms with Crippen molar-refractivity contribution in [1.82, 2.24) is 0 Å². The van der Waals surface area contributed by atoms with E-state index in [9.17, 15) is 0 Å². The van der Waals surface area contributed by atoms with Crippen LogP contribution in [0.25, 0.3) is 42.4 Å². The summed E-state index contributed by atoms with van der Waals surface area (Å²) in [4.78, 5) is 2.98. The van der Waals surface area contributed by atoms with E-state index in [1.54, 1.807) is 44.5 Å². The SMILES string of the molecule is CCCCC(CC)CC1(CC(CC)CCCC)c2cc3c(cc2-c2cc4sc(C)cc4cc21)C(CC(CC)CCCC)(CC(CC)CCCC)c1cc2cc(C(C)C)sc2cc1-3. The van der Waals surface area contributed by atoms with Crippen LogP contribution in [-0.2, 0) is 10.8 Å². The number of hydrogen-bond donors (Lipinski definition) is 0. The van der Waals surface area contributed by atoms with Gasteiger partial charge in [0.25, 0.3) is 0 Å². The highest BCUT2D eigenvalue weighted by Gasteiger charge is 2.50. The van der Waals surface area contributed by atoms with Gasteiger partial charge in [0.15, 0.2) is 0 Å². The van der Waals surface area contributed by atoms with Crippen LogP contribution in [0, 0.1) is 30.6 Å². The lowest BCUT2D eigenvalue weighted by atomic mass is 9.63. The van der Waals surface area contributed by atoms with E-state index in [0.717, 1.165) is 23.7 Å². The van der Waals surface area contributed by atoms with Crippen LogP contribution in [0.1, 0.15) is 236 Å². The lowest BCUT2D eigenvalue weighted by molar-refractivity contribution is 0.264. The number of aryl methyl sites for hydroxylation is 1. The van der Waals surface area contributed by atoms with Crippen LogP contribution in [-0.4, -0.2) is 0 Å². The summed E-state index contributed by atoms with van der Waals surface area (Å²) in [5.74, 6) is 3.45. The highest BCUT2D eigenvalue weighted by atomic mass is 32.1. The number of rotatable bonds is 25. The van der Waals surface area contributed by atoms with Gasteiger partial charge in [-0.25, -0.2) is 0 Å². The fraction of sp³-hybridized carbons (Fsp3) is 0.633. The van der Waals surface area contributed by atoms with E-state index < -0.39 is 0 Å². The van der Waals surface area contributed by atoms with Crippen molar-refractivity contribution in [2.45, 2.75) is 221 Å². The number of hydrogen-bond acceptors (Lipinski definition) is 2. The lowest BCUT2D eigenvalue weighted by Crippen LogP contribution is -2.32. The molecule has 338 valence electrons. The molecule has 0 amide bonds. The standard InChI is InChI=1S/C60H86S2/c1-12-20-24-42(16-5)36-59(37-43(17-6)25-21-13-2)52-29-46-28-41(11)61-57(46)34-50(52)48-32-55-49(33-54(48)59)51-35-58-47(31-56(62-58)40(9)10)30-53(51)60(55,38-44(18-7)26-22-14-3)39-45(19-8)27-23-15-4/h28-35,40,42-45H,12-27,36-39H2,1-11H3. The first-order valence-electron chi connectivity index (χ1n) is 26.3. The molecule has 5 aromatic rings. The Hall–Kier alpha value is -2.42. The van der Waals surface area contributed by atoms with Crippen LogP contribution < -0.4 is 0 Å². The normalized spacial score (nSPS) is 19.9. The largest absolute Gasteiger partial charge is 0.141 e. The van der Waals surface area contributed by atoms with Crippen LogP contribution in [0.15, 0.2) is 48.5 Å². The van der Waals surface area contributed by atoms with Gasteiger partial charge in [0.05, 0.1) is 0 Å². The van der Waals surface area contributed by atoms with Crippen molar-refractivity contribution >= 4 is 42.8 Å². The summed E-state index contributed by atoms with van der Waals surface area (Å²) >= 11 is 4.07. The van der Waals surface area contributed by atoms with Crippen molar-refractivity contribution in [3.05, 3.63) is 80.5 Å². The van der Waals surface area contributed by atoms with Gasteiger partial charge in [-0.3, -0.25) is 0 Å².